The van der Waals surface area contributed by atoms with Crippen LogP contribution in [0, 0.1) is 0 Å². The minimum absolute atomic E-state index is 1.26. The molecule has 0 heterocycles. The van der Waals surface area contributed by atoms with Crippen LogP contribution in [-0.2, 0) is 19.4 Å². The maximum atomic E-state index is 3.04. The van der Waals surface area contributed by atoms with Gasteiger partial charge < -0.3 is 0 Å². The van der Waals surface area contributed by atoms with Crippen LogP contribution in [0.25, 0.3) is 0 Å². The molecule has 3 heteroatoms. The zero-order valence-corrected chi connectivity index (χ0v) is 7.79. The average molecular weight is 270 g/mol. The first-order valence-corrected chi connectivity index (χ1v) is 3.54. The van der Waals surface area contributed by atoms with Gasteiger partial charge in [0.25, 0.3) is 0 Å². The van der Waals surface area contributed by atoms with E-state index in [-0.39, 0.29) is 0 Å². The quantitative estimate of drug-likeness (QED) is 0.721. The predicted octanol–water partition coefficient (Wildman–Crippen LogP) is -0.598. The third-order valence-corrected chi connectivity index (χ3v) is 2.67. The van der Waals surface area contributed by atoms with Gasteiger partial charge in [-0.3, -0.25) is 0 Å². The Hall–Kier alpha value is 0.478. The van der Waals surface area contributed by atoms with Crippen LogP contribution in [0.5, 0.6) is 0 Å². The van der Waals surface area contributed by atoms with Gasteiger partial charge in [-0.15, -0.1) is 0 Å². The first kappa shape index (κ1) is 7.48. The molecule has 0 aromatic rings. The molecular formula is C4H10N2W. The van der Waals surface area contributed by atoms with Crippen LogP contribution in [0.1, 0.15) is 0 Å². The summed E-state index contributed by atoms with van der Waals surface area (Å²) < 4.78 is 1.26. The van der Waals surface area contributed by atoms with Gasteiger partial charge in [0.1, 0.15) is 0 Å². The molecule has 0 unspecified atom stereocenters. The van der Waals surface area contributed by atoms with E-state index in [1.165, 1.54) is 23.5 Å². The third kappa shape index (κ3) is 3.10. The summed E-state index contributed by atoms with van der Waals surface area (Å²) in [5, 5.41) is 3.04. The van der Waals surface area contributed by atoms with Crippen LogP contribution in [0.4, 0.5) is 0 Å². The van der Waals surface area contributed by atoms with E-state index >= 15 is 0 Å². The Kier molecular flexibility index (Phi) is 3.71. The average Bonchev–Trinajstić information content (AvgIpc) is 1.65. The molecule has 0 amide bonds. The molecule has 0 saturated carbocycles. The van der Waals surface area contributed by atoms with E-state index in [0.717, 1.165) is 0 Å². The molecular weight excluding hydrogens is 260 g/mol. The van der Waals surface area contributed by atoms with Gasteiger partial charge in [0.15, 0.2) is 0 Å². The molecule has 0 aliphatic carbocycles. The summed E-state index contributed by atoms with van der Waals surface area (Å²) in [6.45, 7) is 0. The van der Waals surface area contributed by atoms with Crippen molar-refractivity contribution >= 4 is 4.15 Å². The number of nitrogens with zero attached hydrogens (tertiary/aromatic N) is 1. The monoisotopic (exact) mass is 270 g/mol. The van der Waals surface area contributed by atoms with Gasteiger partial charge in [0.05, 0.1) is 0 Å². The van der Waals surface area contributed by atoms with E-state index < -0.39 is 0 Å². The molecule has 1 N–H and O–H groups in total. The van der Waals surface area contributed by atoms with Gasteiger partial charge in [0.2, 0.25) is 0 Å². The fourth-order valence-corrected chi connectivity index (χ4v) is 0.224. The van der Waals surface area contributed by atoms with Crippen molar-refractivity contribution in [2.24, 2.45) is 0 Å². The Bertz CT molecular complexity index is 70.1. The number of hydrogen-bond donors (Lipinski definition) is 1. The fraction of sp³-hybridized carbons (Fsp3) is 0.750. The van der Waals surface area contributed by atoms with Gasteiger partial charge in [0, 0.05) is 0 Å². The normalized spacial score (nSPS) is 9.71. The Labute approximate surface area is 55.3 Å². The van der Waals surface area contributed by atoms with Crippen molar-refractivity contribution in [2.45, 2.75) is 0 Å². The van der Waals surface area contributed by atoms with E-state index in [1.807, 2.05) is 21.1 Å². The SMILES string of the molecule is CN[C](=[W])N(C)C. The molecule has 0 radical (unpaired) electrons. The molecule has 2 nitrogen and oxygen atoms in total. The summed E-state index contributed by atoms with van der Waals surface area (Å²) in [5.74, 6) is 0. The Morgan fingerprint density at radius 2 is 2.00 bits per heavy atom. The Morgan fingerprint density at radius 3 is 2.00 bits per heavy atom. The molecule has 0 aromatic heterocycles. The molecule has 7 heavy (non-hydrogen) atoms. The number of rotatable bonds is 2. The predicted molar refractivity (Wildman–Crippen MR) is 27.8 cm³/mol. The first-order valence-electron chi connectivity index (χ1n) is 2.07. The molecule has 0 aromatic carbocycles. The van der Waals surface area contributed by atoms with Crippen molar-refractivity contribution in [1.82, 2.24) is 10.2 Å². The van der Waals surface area contributed by atoms with Crippen LogP contribution in [0.15, 0.2) is 0 Å². The molecule has 42 valence electrons. The van der Waals surface area contributed by atoms with Crippen molar-refractivity contribution in [3.8, 4) is 0 Å². The van der Waals surface area contributed by atoms with Crippen molar-refractivity contribution in [3.63, 3.8) is 0 Å². The zero-order chi connectivity index (χ0) is 5.86. The molecule has 0 aliphatic rings. The molecule has 0 bridgehead atoms. The van der Waals surface area contributed by atoms with Crippen LogP contribution < -0.4 is 5.32 Å². The zero-order valence-electron chi connectivity index (χ0n) is 4.86. The number of hydrogen-bond acceptors (Lipinski definition) is 2. The van der Waals surface area contributed by atoms with E-state index in [0.29, 0.717) is 0 Å². The number of nitrogens with one attached hydrogen (secondary N) is 1. The van der Waals surface area contributed by atoms with Crippen LogP contribution in [-0.4, -0.2) is 30.2 Å². The van der Waals surface area contributed by atoms with E-state index in [4.69, 9.17) is 0 Å². The van der Waals surface area contributed by atoms with E-state index in [1.54, 1.807) is 0 Å². The molecule has 0 aliphatic heterocycles. The van der Waals surface area contributed by atoms with Crippen molar-refractivity contribution in [1.29, 1.82) is 0 Å². The summed E-state index contributed by atoms with van der Waals surface area (Å²) >= 11 is 1.47. The Balaban J connectivity index is 3.35. The van der Waals surface area contributed by atoms with Crippen molar-refractivity contribution < 1.29 is 19.4 Å². The van der Waals surface area contributed by atoms with Gasteiger partial charge in [-0.1, -0.05) is 0 Å². The van der Waals surface area contributed by atoms with Crippen LogP contribution in [0.3, 0.4) is 0 Å². The van der Waals surface area contributed by atoms with Gasteiger partial charge >= 0.3 is 54.9 Å². The second-order valence-corrected chi connectivity index (χ2v) is 2.84. The van der Waals surface area contributed by atoms with Crippen LogP contribution >= 0.6 is 0 Å². The Morgan fingerprint density at radius 1 is 1.57 bits per heavy atom. The maximum absolute atomic E-state index is 3.04. The summed E-state index contributed by atoms with van der Waals surface area (Å²) in [6.07, 6.45) is 0. The molecule has 0 saturated heterocycles. The van der Waals surface area contributed by atoms with E-state index in [9.17, 15) is 0 Å². The van der Waals surface area contributed by atoms with Crippen molar-refractivity contribution in [3.05, 3.63) is 0 Å². The second-order valence-electron chi connectivity index (χ2n) is 1.45. The van der Waals surface area contributed by atoms with Crippen molar-refractivity contribution in [2.75, 3.05) is 21.1 Å². The molecule has 0 spiro atoms. The summed E-state index contributed by atoms with van der Waals surface area (Å²) in [7, 11) is 5.99. The van der Waals surface area contributed by atoms with Crippen LogP contribution in [0.2, 0.25) is 0 Å². The topological polar surface area (TPSA) is 15.3 Å². The van der Waals surface area contributed by atoms with Gasteiger partial charge in [-0.2, -0.15) is 0 Å². The van der Waals surface area contributed by atoms with E-state index in [2.05, 4.69) is 10.2 Å². The van der Waals surface area contributed by atoms with Gasteiger partial charge in [-0.05, 0) is 0 Å². The third-order valence-electron chi connectivity index (χ3n) is 0.620. The molecule has 0 rings (SSSR count). The van der Waals surface area contributed by atoms with Gasteiger partial charge in [-0.25, -0.2) is 0 Å². The molecule has 0 fully saturated rings. The minimum atomic E-state index is 1.26. The summed E-state index contributed by atoms with van der Waals surface area (Å²) in [5.41, 5.74) is 0. The summed E-state index contributed by atoms with van der Waals surface area (Å²) in [6, 6.07) is 0. The molecule has 0 atom stereocenters. The first-order chi connectivity index (χ1) is 3.18. The second kappa shape index (κ2) is 3.48. The standard InChI is InChI=1S/C4H10N2.W/c1-5-4-6(2)3;/h5H,1-3H3;. The fourth-order valence-electron chi connectivity index (χ4n) is 0.224. The summed E-state index contributed by atoms with van der Waals surface area (Å²) in [4.78, 5) is 2.06.